The van der Waals surface area contributed by atoms with Crippen LogP contribution in [-0.4, -0.2) is 15.1 Å². The third kappa shape index (κ3) is 1.71. The third-order valence-corrected chi connectivity index (χ3v) is 3.51. The lowest BCUT2D eigenvalue weighted by molar-refractivity contribution is -0.119. The molecule has 0 bridgehead atoms. The summed E-state index contributed by atoms with van der Waals surface area (Å²) in [5.41, 5.74) is 0. The Morgan fingerprint density at radius 3 is 2.79 bits per heavy atom. The van der Waals surface area contributed by atoms with E-state index < -0.39 is 0 Å². The largest absolute Gasteiger partial charge is 0.299 e. The van der Waals surface area contributed by atoms with Gasteiger partial charge in [-0.05, 0) is 37.2 Å². The second-order valence-corrected chi connectivity index (χ2v) is 5.07. The fourth-order valence-corrected chi connectivity index (χ4v) is 2.28. The molecular weight excluding hydrogens is 196 g/mol. The number of ketones is 1. The van der Waals surface area contributed by atoms with E-state index in [1.165, 1.54) is 24.4 Å². The summed E-state index contributed by atoms with van der Waals surface area (Å²) in [7, 11) is 0. The fraction of sp³-hybridized carbons (Fsp3) is 0.700. The molecule has 14 heavy (non-hydrogen) atoms. The van der Waals surface area contributed by atoms with Crippen molar-refractivity contribution in [3.05, 3.63) is 10.8 Å². The molecule has 0 saturated heterocycles. The van der Waals surface area contributed by atoms with Crippen LogP contribution in [0.5, 0.6) is 0 Å². The number of hydrogen-bond donors (Lipinski definition) is 0. The first-order chi connectivity index (χ1) is 6.83. The average Bonchev–Trinajstić information content (AvgIpc) is 3.06. The van der Waals surface area contributed by atoms with Gasteiger partial charge in [0.2, 0.25) is 0 Å². The number of rotatable bonds is 4. The molecule has 4 heteroatoms. The van der Waals surface area contributed by atoms with Gasteiger partial charge in [-0.2, -0.15) is 4.37 Å². The Bertz CT molecular complexity index is 366. The summed E-state index contributed by atoms with van der Waals surface area (Å²) in [4.78, 5) is 15.9. The summed E-state index contributed by atoms with van der Waals surface area (Å²) < 4.78 is 4.29. The summed E-state index contributed by atoms with van der Waals surface area (Å²) in [5, 5.41) is 0.920. The molecule has 0 amide bonds. The van der Waals surface area contributed by atoms with Gasteiger partial charge in [-0.15, -0.1) is 0 Å². The van der Waals surface area contributed by atoms with Gasteiger partial charge in [0.1, 0.15) is 16.6 Å². The molecule has 0 unspecified atom stereocenters. The molecule has 1 heterocycles. The quantitative estimate of drug-likeness (QED) is 0.759. The van der Waals surface area contributed by atoms with Gasteiger partial charge in [0.25, 0.3) is 0 Å². The van der Waals surface area contributed by atoms with E-state index in [9.17, 15) is 4.79 Å². The molecule has 3 nitrogen and oxygen atoms in total. The second-order valence-electron chi connectivity index (χ2n) is 4.24. The van der Waals surface area contributed by atoms with Crippen LogP contribution in [-0.2, 0) is 11.2 Å². The topological polar surface area (TPSA) is 42.9 Å². The smallest absolute Gasteiger partial charge is 0.145 e. The van der Waals surface area contributed by atoms with E-state index in [4.69, 9.17) is 0 Å². The lowest BCUT2D eigenvalue weighted by atomic mass is 10.2. The van der Waals surface area contributed by atoms with Crippen LogP contribution in [0.25, 0.3) is 0 Å². The number of hydrogen-bond acceptors (Lipinski definition) is 4. The maximum Gasteiger partial charge on any atom is 0.145 e. The highest BCUT2D eigenvalue weighted by molar-refractivity contribution is 7.05. The molecule has 0 atom stereocenters. The van der Waals surface area contributed by atoms with Crippen molar-refractivity contribution in [1.82, 2.24) is 9.36 Å². The van der Waals surface area contributed by atoms with Gasteiger partial charge in [0.15, 0.2) is 0 Å². The van der Waals surface area contributed by atoms with Crippen LogP contribution in [0.3, 0.4) is 0 Å². The van der Waals surface area contributed by atoms with Crippen molar-refractivity contribution in [3.63, 3.8) is 0 Å². The molecule has 2 saturated carbocycles. The summed E-state index contributed by atoms with van der Waals surface area (Å²) >= 11 is 1.41. The van der Waals surface area contributed by atoms with Gasteiger partial charge in [0.05, 0.1) is 6.42 Å². The van der Waals surface area contributed by atoms with E-state index in [-0.39, 0.29) is 0 Å². The minimum atomic E-state index is 0.350. The van der Waals surface area contributed by atoms with Gasteiger partial charge in [-0.25, -0.2) is 4.98 Å². The number of carbonyl (C=O) groups is 1. The van der Waals surface area contributed by atoms with E-state index in [2.05, 4.69) is 9.36 Å². The number of Topliss-reactive ketones (excluding diaryl/α,β-unsaturated/α-hetero) is 1. The molecule has 2 fully saturated rings. The van der Waals surface area contributed by atoms with Gasteiger partial charge in [0, 0.05) is 11.8 Å². The van der Waals surface area contributed by atoms with E-state index in [1.54, 1.807) is 0 Å². The van der Waals surface area contributed by atoms with Crippen molar-refractivity contribution < 1.29 is 4.79 Å². The molecule has 0 aromatic carbocycles. The lowest BCUT2D eigenvalue weighted by Crippen LogP contribution is -2.04. The van der Waals surface area contributed by atoms with Gasteiger partial charge in [-0.1, -0.05) is 0 Å². The standard InChI is InChI=1S/C10H12N2OS/c13-8(6-1-2-6)5-9-11-10(12-14-9)7-3-4-7/h6-7H,1-5H2. The molecule has 0 radical (unpaired) electrons. The second kappa shape index (κ2) is 3.12. The minimum absolute atomic E-state index is 0.350. The zero-order valence-corrected chi connectivity index (χ0v) is 8.72. The Kier molecular flexibility index (Phi) is 1.90. The highest BCUT2D eigenvalue weighted by atomic mass is 32.1. The third-order valence-electron chi connectivity index (χ3n) is 2.78. The highest BCUT2D eigenvalue weighted by Gasteiger charge is 2.31. The maximum atomic E-state index is 11.5. The minimum Gasteiger partial charge on any atom is -0.299 e. The first-order valence-electron chi connectivity index (χ1n) is 5.18. The molecule has 74 valence electrons. The van der Waals surface area contributed by atoms with Crippen molar-refractivity contribution in [2.45, 2.75) is 38.0 Å². The average molecular weight is 208 g/mol. The molecule has 0 N–H and O–H groups in total. The zero-order chi connectivity index (χ0) is 9.54. The van der Waals surface area contributed by atoms with Crippen molar-refractivity contribution in [3.8, 4) is 0 Å². The van der Waals surface area contributed by atoms with E-state index in [0.29, 0.717) is 24.0 Å². The van der Waals surface area contributed by atoms with E-state index >= 15 is 0 Å². The Morgan fingerprint density at radius 2 is 2.14 bits per heavy atom. The van der Waals surface area contributed by atoms with Crippen LogP contribution in [0.4, 0.5) is 0 Å². The van der Waals surface area contributed by atoms with Crippen molar-refractivity contribution >= 4 is 17.3 Å². The van der Waals surface area contributed by atoms with Gasteiger partial charge < -0.3 is 0 Å². The summed E-state index contributed by atoms with van der Waals surface area (Å²) in [5.74, 6) is 2.30. The molecule has 1 aromatic heterocycles. The molecule has 3 rings (SSSR count). The summed E-state index contributed by atoms with van der Waals surface area (Å²) in [6, 6.07) is 0. The van der Waals surface area contributed by atoms with Crippen LogP contribution >= 0.6 is 11.5 Å². The molecule has 0 spiro atoms. The lowest BCUT2D eigenvalue weighted by Gasteiger charge is -1.91. The Hall–Kier alpha value is -0.770. The van der Waals surface area contributed by atoms with E-state index in [0.717, 1.165) is 23.7 Å². The molecule has 0 aliphatic heterocycles. The Labute approximate surface area is 86.7 Å². The highest BCUT2D eigenvalue weighted by Crippen LogP contribution is 2.39. The van der Waals surface area contributed by atoms with Crippen LogP contribution in [0.15, 0.2) is 0 Å². The first-order valence-corrected chi connectivity index (χ1v) is 5.95. The molecule has 1 aromatic rings. The van der Waals surface area contributed by atoms with Crippen LogP contribution in [0.2, 0.25) is 0 Å². The number of nitrogens with zero attached hydrogens (tertiary/aromatic N) is 2. The normalized spacial score (nSPS) is 21.1. The molecule has 2 aliphatic carbocycles. The summed E-state index contributed by atoms with van der Waals surface area (Å²) in [6.45, 7) is 0. The molecule has 2 aliphatic rings. The number of carbonyl (C=O) groups excluding carboxylic acids is 1. The summed E-state index contributed by atoms with van der Waals surface area (Å²) in [6.07, 6.45) is 5.16. The van der Waals surface area contributed by atoms with Crippen molar-refractivity contribution in [1.29, 1.82) is 0 Å². The SMILES string of the molecule is O=C(Cc1nc(C2CC2)ns1)C1CC1. The van der Waals surface area contributed by atoms with Crippen molar-refractivity contribution in [2.24, 2.45) is 5.92 Å². The predicted molar refractivity (Wildman–Crippen MR) is 53.3 cm³/mol. The van der Waals surface area contributed by atoms with Gasteiger partial charge >= 0.3 is 0 Å². The van der Waals surface area contributed by atoms with Crippen LogP contribution in [0.1, 0.15) is 42.4 Å². The number of aromatic nitrogens is 2. The Balaban J connectivity index is 1.66. The van der Waals surface area contributed by atoms with E-state index in [1.807, 2.05) is 0 Å². The Morgan fingerprint density at radius 1 is 1.36 bits per heavy atom. The van der Waals surface area contributed by atoms with Crippen molar-refractivity contribution in [2.75, 3.05) is 0 Å². The van der Waals surface area contributed by atoms with Crippen LogP contribution < -0.4 is 0 Å². The predicted octanol–water partition coefficient (Wildman–Crippen LogP) is 1.94. The zero-order valence-electron chi connectivity index (χ0n) is 7.90. The fourth-order valence-electron chi connectivity index (χ4n) is 1.55. The monoisotopic (exact) mass is 208 g/mol. The van der Waals surface area contributed by atoms with Gasteiger partial charge in [-0.3, -0.25) is 4.79 Å². The molecular formula is C10H12N2OS. The maximum absolute atomic E-state index is 11.5. The first kappa shape index (κ1) is 8.53. The van der Waals surface area contributed by atoms with Crippen LogP contribution in [0, 0.1) is 5.92 Å².